The first-order chi connectivity index (χ1) is 8.35. The molecule has 4 heteroatoms. The Balaban J connectivity index is 2.19. The minimum absolute atomic E-state index is 0.0103. The van der Waals surface area contributed by atoms with E-state index in [4.69, 9.17) is 0 Å². The lowest BCUT2D eigenvalue weighted by Gasteiger charge is -2.23. The van der Waals surface area contributed by atoms with Gasteiger partial charge in [-0.2, -0.15) is 0 Å². The van der Waals surface area contributed by atoms with E-state index in [0.717, 1.165) is 22.3 Å². The van der Waals surface area contributed by atoms with Crippen LogP contribution in [0.1, 0.15) is 27.2 Å². The number of carbonyl (C=O) groups is 1. The molecule has 0 fully saturated rings. The Labute approximate surface area is 116 Å². The van der Waals surface area contributed by atoms with Crippen LogP contribution in [0.2, 0.25) is 0 Å². The van der Waals surface area contributed by atoms with Crippen LogP contribution >= 0.6 is 15.9 Å². The summed E-state index contributed by atoms with van der Waals surface area (Å²) in [6.45, 7) is 7.17. The van der Waals surface area contributed by atoms with Gasteiger partial charge in [0.15, 0.2) is 0 Å². The molecule has 0 bridgehead atoms. The fourth-order valence-electron chi connectivity index (χ4n) is 2.24. The standard InChI is InChI=1S/C14H19BrN2O/c1-14(2,3)7-9-8-16-12-6-10(15)4-5-11(12)17-13(9)18/h4-6,9,16H,7-8H2,1-3H3,(H,17,18). The number of halogens is 1. The van der Waals surface area contributed by atoms with Gasteiger partial charge >= 0.3 is 0 Å². The molecule has 1 aromatic rings. The van der Waals surface area contributed by atoms with Crippen molar-refractivity contribution in [1.29, 1.82) is 0 Å². The highest BCUT2D eigenvalue weighted by atomic mass is 79.9. The van der Waals surface area contributed by atoms with E-state index in [-0.39, 0.29) is 17.2 Å². The van der Waals surface area contributed by atoms with Gasteiger partial charge in [-0.15, -0.1) is 0 Å². The first kappa shape index (κ1) is 13.4. The molecule has 0 radical (unpaired) electrons. The van der Waals surface area contributed by atoms with Crippen molar-refractivity contribution in [3.63, 3.8) is 0 Å². The molecule has 1 aliphatic heterocycles. The number of benzene rings is 1. The lowest BCUT2D eigenvalue weighted by molar-refractivity contribution is -0.120. The van der Waals surface area contributed by atoms with E-state index in [1.807, 2.05) is 18.2 Å². The minimum Gasteiger partial charge on any atom is -0.383 e. The number of hydrogen-bond donors (Lipinski definition) is 2. The van der Waals surface area contributed by atoms with Crippen molar-refractivity contribution in [2.45, 2.75) is 27.2 Å². The zero-order valence-electron chi connectivity index (χ0n) is 11.0. The van der Waals surface area contributed by atoms with Gasteiger partial charge in [0.1, 0.15) is 0 Å². The van der Waals surface area contributed by atoms with E-state index in [0.29, 0.717) is 6.54 Å². The first-order valence-corrected chi connectivity index (χ1v) is 6.99. The van der Waals surface area contributed by atoms with Crippen LogP contribution in [0.15, 0.2) is 22.7 Å². The molecule has 0 spiro atoms. The maximum Gasteiger partial charge on any atom is 0.229 e. The second-order valence-corrected chi connectivity index (χ2v) is 6.94. The second-order valence-electron chi connectivity index (χ2n) is 6.02. The van der Waals surface area contributed by atoms with E-state index in [9.17, 15) is 4.79 Å². The van der Waals surface area contributed by atoms with Crippen molar-refractivity contribution in [2.75, 3.05) is 17.2 Å². The Morgan fingerprint density at radius 1 is 1.33 bits per heavy atom. The van der Waals surface area contributed by atoms with Crippen molar-refractivity contribution in [3.8, 4) is 0 Å². The number of rotatable bonds is 1. The van der Waals surface area contributed by atoms with Gasteiger partial charge in [0.25, 0.3) is 0 Å². The fourth-order valence-corrected chi connectivity index (χ4v) is 2.60. The molecule has 1 heterocycles. The van der Waals surface area contributed by atoms with Gasteiger partial charge in [0.05, 0.1) is 17.3 Å². The summed E-state index contributed by atoms with van der Waals surface area (Å²) in [6, 6.07) is 5.85. The van der Waals surface area contributed by atoms with Crippen molar-refractivity contribution in [1.82, 2.24) is 0 Å². The van der Waals surface area contributed by atoms with Crippen LogP contribution in [-0.4, -0.2) is 12.5 Å². The summed E-state index contributed by atoms with van der Waals surface area (Å²) in [7, 11) is 0. The van der Waals surface area contributed by atoms with Gasteiger partial charge in [-0.1, -0.05) is 36.7 Å². The molecule has 2 rings (SSSR count). The Kier molecular flexibility index (Phi) is 3.66. The maximum atomic E-state index is 12.2. The number of nitrogens with one attached hydrogen (secondary N) is 2. The van der Waals surface area contributed by atoms with E-state index in [1.54, 1.807) is 0 Å². The topological polar surface area (TPSA) is 41.1 Å². The van der Waals surface area contributed by atoms with Crippen LogP contribution in [0.3, 0.4) is 0 Å². The second kappa shape index (κ2) is 4.92. The van der Waals surface area contributed by atoms with Gasteiger partial charge in [0, 0.05) is 11.0 Å². The minimum atomic E-state index is 0.0103. The Morgan fingerprint density at radius 2 is 2.06 bits per heavy atom. The first-order valence-electron chi connectivity index (χ1n) is 6.19. The van der Waals surface area contributed by atoms with Gasteiger partial charge in [0.2, 0.25) is 5.91 Å². The highest BCUT2D eigenvalue weighted by molar-refractivity contribution is 9.10. The highest BCUT2D eigenvalue weighted by Gasteiger charge is 2.27. The summed E-state index contributed by atoms with van der Waals surface area (Å²) < 4.78 is 1.01. The Hall–Kier alpha value is -1.03. The van der Waals surface area contributed by atoms with Crippen LogP contribution in [0.4, 0.5) is 11.4 Å². The maximum absolute atomic E-state index is 12.2. The average molecular weight is 311 g/mol. The van der Waals surface area contributed by atoms with Gasteiger partial charge < -0.3 is 10.6 Å². The molecule has 1 amide bonds. The van der Waals surface area contributed by atoms with Crippen LogP contribution in [0.5, 0.6) is 0 Å². The fraction of sp³-hybridized carbons (Fsp3) is 0.500. The third kappa shape index (κ3) is 3.25. The van der Waals surface area contributed by atoms with Crippen molar-refractivity contribution in [2.24, 2.45) is 11.3 Å². The van der Waals surface area contributed by atoms with Crippen LogP contribution in [0.25, 0.3) is 0 Å². The summed E-state index contributed by atoms with van der Waals surface area (Å²) in [4.78, 5) is 12.2. The molecule has 3 nitrogen and oxygen atoms in total. The number of fused-ring (bicyclic) bond motifs is 1. The summed E-state index contributed by atoms with van der Waals surface area (Å²) in [5, 5.41) is 6.36. The molecular weight excluding hydrogens is 292 g/mol. The van der Waals surface area contributed by atoms with E-state index in [1.165, 1.54) is 0 Å². The van der Waals surface area contributed by atoms with Gasteiger partial charge in [-0.3, -0.25) is 4.79 Å². The van der Waals surface area contributed by atoms with Gasteiger partial charge in [-0.25, -0.2) is 0 Å². The summed E-state index contributed by atoms with van der Waals surface area (Å²) in [6.07, 6.45) is 0.876. The molecule has 1 atom stereocenters. The Bertz CT molecular complexity index is 465. The number of amides is 1. The van der Waals surface area contributed by atoms with E-state index in [2.05, 4.69) is 47.3 Å². The van der Waals surface area contributed by atoms with E-state index < -0.39 is 0 Å². The Morgan fingerprint density at radius 3 is 2.72 bits per heavy atom. The predicted molar refractivity (Wildman–Crippen MR) is 78.8 cm³/mol. The lowest BCUT2D eigenvalue weighted by Crippen LogP contribution is -2.29. The molecular formula is C14H19BrN2O. The predicted octanol–water partition coefficient (Wildman–Crippen LogP) is 3.87. The highest BCUT2D eigenvalue weighted by Crippen LogP contribution is 2.32. The molecule has 0 saturated heterocycles. The molecule has 1 aromatic carbocycles. The SMILES string of the molecule is CC(C)(C)CC1CNc2cc(Br)ccc2NC1=O. The quantitative estimate of drug-likeness (QED) is 0.827. The summed E-state index contributed by atoms with van der Waals surface area (Å²) >= 11 is 3.44. The zero-order valence-corrected chi connectivity index (χ0v) is 12.6. The van der Waals surface area contributed by atoms with Crippen LogP contribution in [0, 0.1) is 11.3 Å². The molecule has 18 heavy (non-hydrogen) atoms. The molecule has 0 saturated carbocycles. The smallest absolute Gasteiger partial charge is 0.229 e. The molecule has 1 aliphatic rings. The van der Waals surface area contributed by atoms with E-state index >= 15 is 0 Å². The third-order valence-corrected chi connectivity index (χ3v) is 3.50. The summed E-state index contributed by atoms with van der Waals surface area (Å²) in [5.74, 6) is 0.120. The third-order valence-electron chi connectivity index (χ3n) is 3.01. The summed E-state index contributed by atoms with van der Waals surface area (Å²) in [5.41, 5.74) is 1.99. The number of anilines is 2. The monoisotopic (exact) mass is 310 g/mol. The average Bonchev–Trinajstić information content (AvgIpc) is 2.38. The normalized spacial score (nSPS) is 19.6. The van der Waals surface area contributed by atoms with Crippen molar-refractivity contribution < 1.29 is 4.79 Å². The van der Waals surface area contributed by atoms with Crippen LogP contribution in [-0.2, 0) is 4.79 Å². The number of hydrogen-bond acceptors (Lipinski definition) is 2. The van der Waals surface area contributed by atoms with Crippen LogP contribution < -0.4 is 10.6 Å². The molecule has 0 aliphatic carbocycles. The number of carbonyl (C=O) groups excluding carboxylic acids is 1. The molecule has 1 unspecified atom stereocenters. The van der Waals surface area contributed by atoms with Crippen molar-refractivity contribution >= 4 is 33.2 Å². The molecule has 2 N–H and O–H groups in total. The molecule has 98 valence electrons. The van der Waals surface area contributed by atoms with Gasteiger partial charge in [-0.05, 0) is 30.0 Å². The largest absolute Gasteiger partial charge is 0.383 e. The molecule has 0 aromatic heterocycles. The lowest BCUT2D eigenvalue weighted by atomic mass is 9.84. The van der Waals surface area contributed by atoms with Crippen molar-refractivity contribution in [3.05, 3.63) is 22.7 Å². The zero-order chi connectivity index (χ0) is 13.3.